The molecule has 0 spiro atoms. The largest absolute Gasteiger partial charge is 0.408 e. The molecule has 0 bridgehead atoms. The van der Waals surface area contributed by atoms with Crippen LogP contribution in [0.15, 0.2) is 21.9 Å². The minimum Gasteiger partial charge on any atom is -0.408 e. The maximum absolute atomic E-state index is 12.4. The van der Waals surface area contributed by atoms with Crippen molar-refractivity contribution in [2.24, 2.45) is 0 Å². The zero-order chi connectivity index (χ0) is 18.6. The van der Waals surface area contributed by atoms with Gasteiger partial charge < -0.3 is 9.32 Å². The van der Waals surface area contributed by atoms with Gasteiger partial charge in [0.15, 0.2) is 0 Å². The number of likely N-dealkylation sites (tertiary alicyclic amines) is 1. The normalized spacial score (nSPS) is 19.5. The highest BCUT2D eigenvalue weighted by Crippen LogP contribution is 2.23. The lowest BCUT2D eigenvalue weighted by Gasteiger charge is -2.35. The van der Waals surface area contributed by atoms with Gasteiger partial charge in [-0.2, -0.15) is 0 Å². The smallest absolute Gasteiger partial charge is 0.288 e. The summed E-state index contributed by atoms with van der Waals surface area (Å²) >= 11 is 6.91. The molecule has 7 nitrogen and oxygen atoms in total. The molecule has 0 unspecified atom stereocenters. The SMILES string of the molecule is O=C(CN1CCN(Cn2nc(-c3cccs3)oc2=S)CC1)N1CCCCC1. The first-order valence-corrected chi connectivity index (χ1v) is 10.8. The van der Waals surface area contributed by atoms with E-state index in [4.69, 9.17) is 16.6 Å². The molecule has 0 N–H and O–H groups in total. The number of carbonyl (C=O) groups excluding carboxylic acids is 1. The summed E-state index contributed by atoms with van der Waals surface area (Å²) in [6.45, 7) is 6.60. The monoisotopic (exact) mass is 407 g/mol. The first-order chi connectivity index (χ1) is 13.2. The molecular weight excluding hydrogens is 382 g/mol. The summed E-state index contributed by atoms with van der Waals surface area (Å²) in [7, 11) is 0. The number of hydrogen-bond acceptors (Lipinski definition) is 7. The summed E-state index contributed by atoms with van der Waals surface area (Å²) in [6, 6.07) is 3.95. The number of carbonyl (C=O) groups is 1. The maximum Gasteiger partial charge on any atom is 0.288 e. The van der Waals surface area contributed by atoms with Gasteiger partial charge in [0.2, 0.25) is 5.91 Å². The second kappa shape index (κ2) is 8.64. The predicted octanol–water partition coefficient (Wildman–Crippen LogP) is 2.52. The minimum atomic E-state index is 0.280. The van der Waals surface area contributed by atoms with E-state index in [0.717, 1.165) is 57.0 Å². The molecule has 9 heteroatoms. The van der Waals surface area contributed by atoms with Crippen LogP contribution in [-0.2, 0) is 11.5 Å². The van der Waals surface area contributed by atoms with Crippen LogP contribution in [-0.4, -0.2) is 76.2 Å². The zero-order valence-electron chi connectivity index (χ0n) is 15.4. The third-order valence-corrected chi connectivity index (χ3v) is 6.36. The summed E-state index contributed by atoms with van der Waals surface area (Å²) in [5.41, 5.74) is 0. The van der Waals surface area contributed by atoms with Crippen molar-refractivity contribution >= 4 is 29.5 Å². The molecular formula is C18H25N5O2S2. The van der Waals surface area contributed by atoms with E-state index in [2.05, 4.69) is 14.9 Å². The summed E-state index contributed by atoms with van der Waals surface area (Å²) in [6.07, 6.45) is 3.54. The number of amides is 1. The molecule has 146 valence electrons. The quantitative estimate of drug-likeness (QED) is 0.710. The van der Waals surface area contributed by atoms with Crippen molar-refractivity contribution < 1.29 is 9.21 Å². The van der Waals surface area contributed by atoms with E-state index >= 15 is 0 Å². The summed E-state index contributed by atoms with van der Waals surface area (Å²) in [4.78, 5) is 20.4. The second-order valence-corrected chi connectivity index (χ2v) is 8.42. The molecule has 2 fully saturated rings. The molecule has 2 aliphatic rings. The van der Waals surface area contributed by atoms with Crippen molar-refractivity contribution in [3.05, 3.63) is 22.4 Å². The van der Waals surface area contributed by atoms with Crippen LogP contribution >= 0.6 is 23.6 Å². The molecule has 1 amide bonds. The third kappa shape index (κ3) is 4.66. The molecule has 27 heavy (non-hydrogen) atoms. The fourth-order valence-electron chi connectivity index (χ4n) is 3.61. The molecule has 2 aromatic heterocycles. The Hall–Kier alpha value is -1.55. The van der Waals surface area contributed by atoms with Crippen LogP contribution < -0.4 is 0 Å². The van der Waals surface area contributed by atoms with E-state index in [1.807, 2.05) is 22.4 Å². The molecule has 2 aliphatic heterocycles. The van der Waals surface area contributed by atoms with E-state index in [9.17, 15) is 4.79 Å². The molecule has 0 radical (unpaired) electrons. The predicted molar refractivity (Wildman–Crippen MR) is 107 cm³/mol. The van der Waals surface area contributed by atoms with E-state index in [0.29, 0.717) is 23.9 Å². The lowest BCUT2D eigenvalue weighted by atomic mass is 10.1. The van der Waals surface area contributed by atoms with Gasteiger partial charge in [0.25, 0.3) is 10.7 Å². The average Bonchev–Trinajstić information content (AvgIpc) is 3.34. The molecule has 4 heterocycles. The van der Waals surface area contributed by atoms with Crippen molar-refractivity contribution in [3.8, 4) is 10.8 Å². The standard InChI is InChI=1S/C18H25N5O2S2/c24-16(22-6-2-1-3-7-22)13-20-8-10-21(11-9-20)14-23-18(26)25-17(19-23)15-5-4-12-27-15/h4-5,12H,1-3,6-11,13-14H2. The Morgan fingerprint density at radius 1 is 1.11 bits per heavy atom. The molecule has 0 atom stereocenters. The number of hydrogen-bond donors (Lipinski definition) is 0. The number of aromatic nitrogens is 2. The highest BCUT2D eigenvalue weighted by atomic mass is 32.1. The van der Waals surface area contributed by atoms with Gasteiger partial charge in [0.1, 0.15) is 0 Å². The van der Waals surface area contributed by atoms with Crippen molar-refractivity contribution in [2.75, 3.05) is 45.8 Å². The molecule has 0 aromatic carbocycles. The molecule has 2 aromatic rings. The molecule has 2 saturated heterocycles. The highest BCUT2D eigenvalue weighted by molar-refractivity contribution is 7.71. The van der Waals surface area contributed by atoms with Crippen molar-refractivity contribution in [1.82, 2.24) is 24.5 Å². The molecule has 0 aliphatic carbocycles. The Kier molecular flexibility index (Phi) is 6.01. The Bertz CT molecular complexity index is 802. The highest BCUT2D eigenvalue weighted by Gasteiger charge is 2.23. The van der Waals surface area contributed by atoms with E-state index < -0.39 is 0 Å². The van der Waals surface area contributed by atoms with Gasteiger partial charge in [-0.3, -0.25) is 14.6 Å². The fourth-order valence-corrected chi connectivity index (χ4v) is 4.43. The Labute approximate surface area is 168 Å². The lowest BCUT2D eigenvalue weighted by Crippen LogP contribution is -2.50. The molecule has 0 saturated carbocycles. The number of thiophene rings is 1. The van der Waals surface area contributed by atoms with Crippen molar-refractivity contribution in [2.45, 2.75) is 25.9 Å². The first-order valence-electron chi connectivity index (χ1n) is 9.53. The average molecular weight is 408 g/mol. The Morgan fingerprint density at radius 3 is 2.56 bits per heavy atom. The van der Waals surface area contributed by atoms with Crippen LogP contribution in [0.25, 0.3) is 10.8 Å². The minimum absolute atomic E-state index is 0.280. The molecule has 4 rings (SSSR count). The van der Waals surface area contributed by atoms with Gasteiger partial charge in [0, 0.05) is 39.3 Å². The lowest BCUT2D eigenvalue weighted by molar-refractivity contribution is -0.133. The van der Waals surface area contributed by atoms with Crippen LogP contribution in [0, 0.1) is 4.84 Å². The van der Waals surface area contributed by atoms with E-state index in [1.165, 1.54) is 6.42 Å². The van der Waals surface area contributed by atoms with Crippen molar-refractivity contribution in [1.29, 1.82) is 0 Å². The van der Waals surface area contributed by atoms with Crippen LogP contribution in [0.4, 0.5) is 0 Å². The first kappa shape index (κ1) is 18.8. The number of rotatable bonds is 5. The summed E-state index contributed by atoms with van der Waals surface area (Å²) < 4.78 is 7.38. The van der Waals surface area contributed by atoms with Gasteiger partial charge in [-0.15, -0.1) is 16.4 Å². The Balaban J connectivity index is 1.27. The van der Waals surface area contributed by atoms with Crippen LogP contribution in [0.2, 0.25) is 0 Å². The van der Waals surface area contributed by atoms with Crippen LogP contribution in [0.1, 0.15) is 19.3 Å². The fraction of sp³-hybridized carbons (Fsp3) is 0.611. The van der Waals surface area contributed by atoms with E-state index in [1.54, 1.807) is 16.0 Å². The van der Waals surface area contributed by atoms with Crippen molar-refractivity contribution in [3.63, 3.8) is 0 Å². The maximum atomic E-state index is 12.4. The van der Waals surface area contributed by atoms with Gasteiger partial charge in [-0.1, -0.05) is 6.07 Å². The van der Waals surface area contributed by atoms with Crippen LogP contribution in [0.3, 0.4) is 0 Å². The second-order valence-electron chi connectivity index (χ2n) is 7.13. The summed E-state index contributed by atoms with van der Waals surface area (Å²) in [5.74, 6) is 0.864. The number of piperidine rings is 1. The topological polar surface area (TPSA) is 57.8 Å². The Morgan fingerprint density at radius 2 is 1.85 bits per heavy atom. The van der Waals surface area contributed by atoms with E-state index in [-0.39, 0.29) is 5.91 Å². The van der Waals surface area contributed by atoms with Crippen LogP contribution in [0.5, 0.6) is 0 Å². The van der Waals surface area contributed by atoms with Gasteiger partial charge >= 0.3 is 0 Å². The van der Waals surface area contributed by atoms with Gasteiger partial charge in [-0.25, -0.2) is 4.68 Å². The number of nitrogens with zero attached hydrogens (tertiary/aromatic N) is 5. The summed E-state index contributed by atoms with van der Waals surface area (Å²) in [5, 5.41) is 6.51. The number of piperazine rings is 1. The third-order valence-electron chi connectivity index (χ3n) is 5.20. The zero-order valence-corrected chi connectivity index (χ0v) is 17.0. The van der Waals surface area contributed by atoms with Gasteiger partial charge in [-0.05, 0) is 42.9 Å². The van der Waals surface area contributed by atoms with Gasteiger partial charge in [0.05, 0.1) is 18.1 Å².